The highest BCUT2D eigenvalue weighted by atomic mass is 19.2. The van der Waals surface area contributed by atoms with Crippen LogP contribution in [0.3, 0.4) is 0 Å². The number of halogens is 2. The molecule has 0 aliphatic carbocycles. The number of nitrogens with zero attached hydrogens (tertiary/aromatic N) is 2. The van der Waals surface area contributed by atoms with Crippen molar-refractivity contribution in [1.82, 2.24) is 9.88 Å². The fraction of sp³-hybridized carbons (Fsp3) is 0.278. The molecule has 0 radical (unpaired) electrons. The van der Waals surface area contributed by atoms with Crippen LogP contribution in [0.4, 0.5) is 8.78 Å². The van der Waals surface area contributed by atoms with E-state index in [9.17, 15) is 18.4 Å². The fourth-order valence-electron chi connectivity index (χ4n) is 2.86. The third-order valence-electron chi connectivity index (χ3n) is 4.19. The van der Waals surface area contributed by atoms with Gasteiger partial charge in [0.15, 0.2) is 11.6 Å². The van der Waals surface area contributed by atoms with Gasteiger partial charge in [-0.15, -0.1) is 0 Å². The van der Waals surface area contributed by atoms with Crippen LogP contribution in [0.15, 0.2) is 36.5 Å². The van der Waals surface area contributed by atoms with Gasteiger partial charge >= 0.3 is 0 Å². The lowest BCUT2D eigenvalue weighted by atomic mass is 10.1. The van der Waals surface area contributed by atoms with Crippen molar-refractivity contribution in [3.8, 4) is 5.75 Å². The van der Waals surface area contributed by atoms with Crippen LogP contribution in [0, 0.1) is 11.6 Å². The Balaban J connectivity index is 1.62. The largest absolute Gasteiger partial charge is 0.490 e. The third-order valence-corrected chi connectivity index (χ3v) is 4.19. The first-order valence-electron chi connectivity index (χ1n) is 8.11. The molecule has 1 aromatic heterocycles. The Labute approximate surface area is 148 Å². The molecule has 0 atom stereocenters. The third kappa shape index (κ3) is 3.79. The van der Waals surface area contributed by atoms with Gasteiger partial charge in [-0.3, -0.25) is 14.6 Å². The van der Waals surface area contributed by atoms with Gasteiger partial charge < -0.3 is 15.4 Å². The topological polar surface area (TPSA) is 85.5 Å². The fourth-order valence-corrected chi connectivity index (χ4v) is 2.86. The van der Waals surface area contributed by atoms with Crippen molar-refractivity contribution < 1.29 is 23.1 Å². The van der Waals surface area contributed by atoms with Crippen LogP contribution in [-0.2, 0) is 0 Å². The van der Waals surface area contributed by atoms with Crippen molar-refractivity contribution in [2.75, 3.05) is 13.1 Å². The minimum Gasteiger partial charge on any atom is -0.490 e. The van der Waals surface area contributed by atoms with Crippen LogP contribution in [0.2, 0.25) is 0 Å². The smallest absolute Gasteiger partial charge is 0.268 e. The highest BCUT2D eigenvalue weighted by Crippen LogP contribution is 2.22. The van der Waals surface area contributed by atoms with E-state index in [0.717, 1.165) is 12.1 Å². The van der Waals surface area contributed by atoms with Gasteiger partial charge in [0.2, 0.25) is 0 Å². The Hall–Kier alpha value is -3.03. The molecule has 1 fully saturated rings. The number of likely N-dealkylation sites (tertiary alicyclic amines) is 1. The molecule has 2 amide bonds. The number of piperidine rings is 1. The molecule has 0 bridgehead atoms. The van der Waals surface area contributed by atoms with Gasteiger partial charge in [-0.05, 0) is 24.3 Å². The SMILES string of the molecule is NC(=O)c1ncccc1C(=O)N1CCC(Oc2ccc(F)c(F)c2)CC1. The summed E-state index contributed by atoms with van der Waals surface area (Å²) in [5.74, 6) is -2.73. The molecule has 1 aliphatic heterocycles. The summed E-state index contributed by atoms with van der Waals surface area (Å²) >= 11 is 0. The number of carbonyl (C=O) groups excluding carboxylic acids is 2. The van der Waals surface area contributed by atoms with Crippen molar-refractivity contribution in [2.45, 2.75) is 18.9 Å². The highest BCUT2D eigenvalue weighted by molar-refractivity contribution is 6.05. The molecular formula is C18H17F2N3O3. The van der Waals surface area contributed by atoms with Gasteiger partial charge in [-0.2, -0.15) is 0 Å². The summed E-state index contributed by atoms with van der Waals surface area (Å²) in [6.45, 7) is 0.806. The zero-order valence-corrected chi connectivity index (χ0v) is 13.8. The number of hydrogen-bond donors (Lipinski definition) is 1. The molecule has 0 saturated carbocycles. The normalized spacial score (nSPS) is 14.9. The summed E-state index contributed by atoms with van der Waals surface area (Å²) in [5.41, 5.74) is 5.37. The standard InChI is InChI=1S/C18H17F2N3O3/c19-14-4-3-12(10-15(14)20)26-11-5-8-23(9-6-11)18(25)13-2-1-7-22-16(13)17(21)24/h1-4,7,10-11H,5-6,8-9H2,(H2,21,24). The van der Waals surface area contributed by atoms with Crippen LogP contribution < -0.4 is 10.5 Å². The van der Waals surface area contributed by atoms with Crippen molar-refractivity contribution >= 4 is 11.8 Å². The molecular weight excluding hydrogens is 344 g/mol. The molecule has 8 heteroatoms. The molecule has 2 N–H and O–H groups in total. The van der Waals surface area contributed by atoms with Crippen molar-refractivity contribution in [3.05, 3.63) is 59.4 Å². The van der Waals surface area contributed by atoms with E-state index in [2.05, 4.69) is 4.98 Å². The second-order valence-electron chi connectivity index (χ2n) is 5.95. The van der Waals surface area contributed by atoms with Crippen molar-refractivity contribution in [2.24, 2.45) is 5.73 Å². The van der Waals surface area contributed by atoms with E-state index in [4.69, 9.17) is 10.5 Å². The van der Waals surface area contributed by atoms with Gasteiger partial charge in [0.05, 0.1) is 5.56 Å². The van der Waals surface area contributed by atoms with Gasteiger partial charge in [-0.1, -0.05) is 0 Å². The van der Waals surface area contributed by atoms with E-state index >= 15 is 0 Å². The highest BCUT2D eigenvalue weighted by Gasteiger charge is 2.27. The maximum Gasteiger partial charge on any atom is 0.268 e. The number of ether oxygens (including phenoxy) is 1. The number of nitrogens with two attached hydrogens (primary N) is 1. The molecule has 6 nitrogen and oxygen atoms in total. The summed E-state index contributed by atoms with van der Waals surface area (Å²) in [6, 6.07) is 6.46. The number of rotatable bonds is 4. The maximum absolute atomic E-state index is 13.2. The van der Waals surface area contributed by atoms with E-state index in [1.807, 2.05) is 0 Å². The second kappa shape index (κ2) is 7.47. The molecule has 3 rings (SSSR count). The van der Waals surface area contributed by atoms with Crippen LogP contribution in [0.1, 0.15) is 33.7 Å². The first kappa shape index (κ1) is 17.8. The number of pyridine rings is 1. The van der Waals surface area contributed by atoms with Gasteiger partial charge in [0.1, 0.15) is 17.5 Å². The zero-order chi connectivity index (χ0) is 18.7. The lowest BCUT2D eigenvalue weighted by molar-refractivity contribution is 0.0591. The molecule has 1 aliphatic rings. The minimum atomic E-state index is -0.967. The minimum absolute atomic E-state index is 0.0577. The summed E-state index contributed by atoms with van der Waals surface area (Å²) < 4.78 is 31.9. The van der Waals surface area contributed by atoms with Gasteiger partial charge in [-0.25, -0.2) is 8.78 Å². The van der Waals surface area contributed by atoms with E-state index < -0.39 is 17.5 Å². The first-order chi connectivity index (χ1) is 12.5. The Morgan fingerprint density at radius 1 is 1.15 bits per heavy atom. The Bertz CT molecular complexity index is 836. The van der Waals surface area contributed by atoms with E-state index in [0.29, 0.717) is 25.9 Å². The number of aromatic nitrogens is 1. The summed E-state index contributed by atoms with van der Waals surface area (Å²) in [4.78, 5) is 29.5. The number of benzene rings is 1. The van der Waals surface area contributed by atoms with Crippen molar-refractivity contribution in [3.63, 3.8) is 0 Å². The molecule has 2 aromatic rings. The van der Waals surface area contributed by atoms with Crippen LogP contribution in [0.5, 0.6) is 5.75 Å². The number of carbonyl (C=O) groups is 2. The quantitative estimate of drug-likeness (QED) is 0.904. The van der Waals surface area contributed by atoms with Crippen molar-refractivity contribution in [1.29, 1.82) is 0 Å². The van der Waals surface area contributed by atoms with Gasteiger partial charge in [0, 0.05) is 38.2 Å². The summed E-state index contributed by atoms with van der Waals surface area (Å²) in [5, 5.41) is 0. The molecule has 0 spiro atoms. The van der Waals surface area contributed by atoms with Crippen LogP contribution in [0.25, 0.3) is 0 Å². The second-order valence-corrected chi connectivity index (χ2v) is 5.95. The van der Waals surface area contributed by atoms with Crippen LogP contribution in [-0.4, -0.2) is 40.9 Å². The van der Waals surface area contributed by atoms with Crippen LogP contribution >= 0.6 is 0 Å². The predicted octanol–water partition coefficient (Wildman–Crippen LogP) is 2.14. The molecule has 136 valence electrons. The number of hydrogen-bond acceptors (Lipinski definition) is 4. The Morgan fingerprint density at radius 3 is 2.54 bits per heavy atom. The van der Waals surface area contributed by atoms with Gasteiger partial charge in [0.25, 0.3) is 11.8 Å². The molecule has 1 aromatic carbocycles. The average molecular weight is 361 g/mol. The average Bonchev–Trinajstić information content (AvgIpc) is 2.65. The predicted molar refractivity (Wildman–Crippen MR) is 88.7 cm³/mol. The molecule has 1 saturated heterocycles. The molecule has 26 heavy (non-hydrogen) atoms. The summed E-state index contributed by atoms with van der Waals surface area (Å²) in [6.07, 6.45) is 2.24. The summed E-state index contributed by atoms with van der Waals surface area (Å²) in [7, 11) is 0. The monoisotopic (exact) mass is 361 g/mol. The molecule has 0 unspecified atom stereocenters. The zero-order valence-electron chi connectivity index (χ0n) is 13.8. The first-order valence-corrected chi connectivity index (χ1v) is 8.11. The number of primary amides is 1. The maximum atomic E-state index is 13.2. The Morgan fingerprint density at radius 2 is 1.88 bits per heavy atom. The molecule has 2 heterocycles. The lowest BCUT2D eigenvalue weighted by Gasteiger charge is -2.32. The lowest BCUT2D eigenvalue weighted by Crippen LogP contribution is -2.42. The number of amides is 2. The van der Waals surface area contributed by atoms with E-state index in [-0.39, 0.29) is 29.0 Å². The Kier molecular flexibility index (Phi) is 5.11. The van der Waals surface area contributed by atoms with E-state index in [1.165, 1.54) is 18.3 Å². The van der Waals surface area contributed by atoms with E-state index in [1.54, 1.807) is 11.0 Å².